The van der Waals surface area contributed by atoms with Gasteiger partial charge in [-0.15, -0.1) is 0 Å². The molecule has 1 fully saturated rings. The van der Waals surface area contributed by atoms with Crippen LogP contribution >= 0.6 is 0 Å². The van der Waals surface area contributed by atoms with Crippen molar-refractivity contribution < 1.29 is 4.79 Å². The maximum Gasteiger partial charge on any atom is 0.332 e. The number of hydrogen-bond donors (Lipinski definition) is 1. The molecule has 0 amide bonds. The molecule has 7 heteroatoms. The van der Waals surface area contributed by atoms with Crippen molar-refractivity contribution in [2.24, 2.45) is 11.8 Å². The molecule has 0 unspecified atom stereocenters. The smallest absolute Gasteiger partial charge is 0.332 e. The third kappa shape index (κ3) is 3.09. The van der Waals surface area contributed by atoms with Gasteiger partial charge in [-0.3, -0.25) is 18.7 Å². The summed E-state index contributed by atoms with van der Waals surface area (Å²) in [5.74, 6) is 0.440. The van der Waals surface area contributed by atoms with Gasteiger partial charge in [0.05, 0.1) is 0 Å². The number of aromatic nitrogens is 4. The van der Waals surface area contributed by atoms with Crippen LogP contribution in [-0.2, 0) is 17.9 Å². The lowest BCUT2D eigenvalue weighted by Crippen LogP contribution is -2.40. The number of rotatable bonds is 6. The van der Waals surface area contributed by atoms with Crippen LogP contribution in [0.25, 0.3) is 11.2 Å². The number of H-pyrrole nitrogens is 1. The van der Waals surface area contributed by atoms with Crippen LogP contribution in [-0.4, -0.2) is 24.9 Å². The number of imidazole rings is 1. The van der Waals surface area contributed by atoms with Crippen molar-refractivity contribution >= 4 is 16.9 Å². The van der Waals surface area contributed by atoms with E-state index < -0.39 is 0 Å². The number of ketones is 1. The van der Waals surface area contributed by atoms with Crippen LogP contribution in [0.1, 0.15) is 58.7 Å². The van der Waals surface area contributed by atoms with Gasteiger partial charge in [-0.25, -0.2) is 9.78 Å². The molecule has 1 saturated carbocycles. The Kier molecular flexibility index (Phi) is 5.22. The lowest BCUT2D eigenvalue weighted by atomic mass is 9.86. The first-order valence-electron chi connectivity index (χ1n) is 9.73. The number of aromatic amines is 1. The second-order valence-electron chi connectivity index (χ2n) is 7.65. The lowest BCUT2D eigenvalue weighted by Gasteiger charge is -2.19. The molecule has 0 aliphatic heterocycles. The molecule has 3 rings (SSSR count). The first-order valence-corrected chi connectivity index (χ1v) is 9.73. The molecule has 2 heterocycles. The number of fused-ring (bicyclic) bond motifs is 1. The zero-order valence-electron chi connectivity index (χ0n) is 16.5. The summed E-state index contributed by atoms with van der Waals surface area (Å²) < 4.78 is 2.85. The highest BCUT2D eigenvalue weighted by Crippen LogP contribution is 2.44. The lowest BCUT2D eigenvalue weighted by molar-refractivity contribution is -0.120. The Hall–Kier alpha value is -2.44. The molecule has 1 aliphatic carbocycles. The SMILES string of the molecule is C=C(C)[C@@H]1CC(=O)[C@H](C)[C@H]1c1nc2c([nH]1)c(=O)n(CCC)c(=O)n2CCC. The Balaban J connectivity index is 2.25. The van der Waals surface area contributed by atoms with Crippen molar-refractivity contribution in [1.82, 2.24) is 19.1 Å². The maximum atomic E-state index is 12.9. The van der Waals surface area contributed by atoms with Crippen molar-refractivity contribution in [3.63, 3.8) is 0 Å². The van der Waals surface area contributed by atoms with Crippen molar-refractivity contribution in [2.45, 2.75) is 66.0 Å². The normalized spacial score (nSPS) is 22.7. The van der Waals surface area contributed by atoms with Crippen molar-refractivity contribution in [3.05, 3.63) is 38.8 Å². The molecule has 0 spiro atoms. The number of nitrogens with one attached hydrogen (secondary N) is 1. The van der Waals surface area contributed by atoms with E-state index in [1.54, 1.807) is 4.57 Å². The Morgan fingerprint density at radius 3 is 2.41 bits per heavy atom. The summed E-state index contributed by atoms with van der Waals surface area (Å²) in [4.78, 5) is 45.8. The number of carbonyl (C=O) groups excluding carboxylic acids is 1. The van der Waals surface area contributed by atoms with Crippen LogP contribution in [0.15, 0.2) is 21.7 Å². The zero-order valence-corrected chi connectivity index (χ0v) is 16.5. The third-order valence-corrected chi connectivity index (χ3v) is 5.62. The number of hydrogen-bond acceptors (Lipinski definition) is 4. The summed E-state index contributed by atoms with van der Waals surface area (Å²) in [7, 11) is 0. The predicted molar refractivity (Wildman–Crippen MR) is 105 cm³/mol. The number of nitrogens with zero attached hydrogens (tertiary/aromatic N) is 3. The summed E-state index contributed by atoms with van der Waals surface area (Å²) in [6, 6.07) is 0. The summed E-state index contributed by atoms with van der Waals surface area (Å²) in [6.07, 6.45) is 1.90. The van der Waals surface area contributed by atoms with Gasteiger partial charge in [-0.2, -0.15) is 0 Å². The molecule has 146 valence electrons. The average molecular weight is 372 g/mol. The highest BCUT2D eigenvalue weighted by Gasteiger charge is 2.42. The van der Waals surface area contributed by atoms with Crippen LogP contribution < -0.4 is 11.2 Å². The molecule has 27 heavy (non-hydrogen) atoms. The minimum absolute atomic E-state index is 0.00252. The Morgan fingerprint density at radius 1 is 1.19 bits per heavy atom. The summed E-state index contributed by atoms with van der Waals surface area (Å²) in [6.45, 7) is 12.6. The van der Waals surface area contributed by atoms with Crippen LogP contribution in [0.2, 0.25) is 0 Å². The standard InChI is InChI=1S/C20H28N4O3/c1-6-8-23-18-16(19(26)24(9-7-2)20(23)27)21-17(22-18)15-12(5)14(25)10-13(15)11(3)4/h12-13,15H,3,6-10H2,1-2,4-5H3,(H,21,22)/t12-,13-,15+/m0/s1. The Morgan fingerprint density at radius 2 is 1.81 bits per heavy atom. The summed E-state index contributed by atoms with van der Waals surface area (Å²) in [5, 5.41) is 0. The van der Waals surface area contributed by atoms with E-state index in [2.05, 4.69) is 16.5 Å². The fraction of sp³-hybridized carbons (Fsp3) is 0.600. The van der Waals surface area contributed by atoms with Crippen LogP contribution in [0.4, 0.5) is 0 Å². The van der Waals surface area contributed by atoms with Crippen LogP contribution in [0, 0.1) is 11.8 Å². The minimum atomic E-state index is -0.341. The van der Waals surface area contributed by atoms with E-state index in [0.717, 1.165) is 12.0 Å². The quantitative estimate of drug-likeness (QED) is 0.789. The first-order chi connectivity index (χ1) is 12.8. The Labute approximate surface area is 158 Å². The molecule has 0 aromatic carbocycles. The largest absolute Gasteiger partial charge is 0.336 e. The molecule has 0 saturated heterocycles. The molecule has 1 aliphatic rings. The van der Waals surface area contributed by atoms with Crippen LogP contribution in [0.3, 0.4) is 0 Å². The van der Waals surface area contributed by atoms with Gasteiger partial charge in [0, 0.05) is 31.3 Å². The van der Waals surface area contributed by atoms with E-state index in [9.17, 15) is 14.4 Å². The van der Waals surface area contributed by atoms with E-state index in [1.165, 1.54) is 4.57 Å². The number of aryl methyl sites for hydroxylation is 1. The topological polar surface area (TPSA) is 89.8 Å². The zero-order chi connectivity index (χ0) is 19.9. The van der Waals surface area contributed by atoms with Gasteiger partial charge in [0.25, 0.3) is 5.56 Å². The highest BCUT2D eigenvalue weighted by atomic mass is 16.2. The van der Waals surface area contributed by atoms with E-state index >= 15 is 0 Å². The van der Waals surface area contributed by atoms with Crippen molar-refractivity contribution in [3.8, 4) is 0 Å². The molecule has 1 N–H and O–H groups in total. The van der Waals surface area contributed by atoms with Gasteiger partial charge in [-0.05, 0) is 25.7 Å². The van der Waals surface area contributed by atoms with Gasteiger partial charge < -0.3 is 4.98 Å². The molecule has 0 radical (unpaired) electrons. The van der Waals surface area contributed by atoms with E-state index in [-0.39, 0.29) is 34.8 Å². The monoisotopic (exact) mass is 372 g/mol. The number of allylic oxidation sites excluding steroid dienone is 1. The van der Waals surface area contributed by atoms with Gasteiger partial charge in [-0.1, -0.05) is 32.9 Å². The minimum Gasteiger partial charge on any atom is -0.336 e. The van der Waals surface area contributed by atoms with Gasteiger partial charge in [0.15, 0.2) is 5.65 Å². The van der Waals surface area contributed by atoms with E-state index in [4.69, 9.17) is 0 Å². The summed E-state index contributed by atoms with van der Waals surface area (Å²) >= 11 is 0. The summed E-state index contributed by atoms with van der Waals surface area (Å²) in [5.41, 5.74) is 1.01. The molecular formula is C20H28N4O3. The Bertz CT molecular complexity index is 1010. The molecule has 0 bridgehead atoms. The molecule has 2 aromatic rings. The first kappa shape index (κ1) is 19.3. The van der Waals surface area contributed by atoms with Crippen molar-refractivity contribution in [2.75, 3.05) is 0 Å². The van der Waals surface area contributed by atoms with E-state index in [0.29, 0.717) is 42.9 Å². The van der Waals surface area contributed by atoms with Crippen molar-refractivity contribution in [1.29, 1.82) is 0 Å². The molecule has 7 nitrogen and oxygen atoms in total. The van der Waals surface area contributed by atoms with Crippen LogP contribution in [0.5, 0.6) is 0 Å². The van der Waals surface area contributed by atoms with Gasteiger partial charge >= 0.3 is 5.69 Å². The second kappa shape index (κ2) is 7.29. The third-order valence-electron chi connectivity index (χ3n) is 5.62. The fourth-order valence-electron chi connectivity index (χ4n) is 4.17. The predicted octanol–water partition coefficient (Wildman–Crippen LogP) is 2.59. The number of carbonyl (C=O) groups is 1. The molecule has 3 atom stereocenters. The average Bonchev–Trinajstić information content (AvgIpc) is 3.18. The molecule has 2 aromatic heterocycles. The van der Waals surface area contributed by atoms with Gasteiger partial charge in [0.2, 0.25) is 0 Å². The highest BCUT2D eigenvalue weighted by molar-refractivity contribution is 5.85. The second-order valence-corrected chi connectivity index (χ2v) is 7.65. The fourth-order valence-corrected chi connectivity index (χ4v) is 4.17. The number of Topliss-reactive ketones (excluding diaryl/α,β-unsaturated/α-hetero) is 1. The van der Waals surface area contributed by atoms with E-state index in [1.807, 2.05) is 27.7 Å². The maximum absolute atomic E-state index is 12.9. The molecular weight excluding hydrogens is 344 g/mol. The van der Waals surface area contributed by atoms with Gasteiger partial charge in [0.1, 0.15) is 17.1 Å².